The molecule has 1 fully saturated rings. The topological polar surface area (TPSA) is 64.7 Å². The molecule has 0 bridgehead atoms. The number of aromatic nitrogens is 4. The van der Waals surface area contributed by atoms with Crippen molar-refractivity contribution < 1.29 is 17.7 Å². The van der Waals surface area contributed by atoms with Crippen LogP contribution >= 0.6 is 0 Å². The number of alkyl halides is 3. The second-order valence-electron chi connectivity index (χ2n) is 5.14. The van der Waals surface area contributed by atoms with Gasteiger partial charge in [-0.25, -0.2) is 0 Å². The van der Waals surface area contributed by atoms with E-state index in [1.807, 2.05) is 0 Å². The van der Waals surface area contributed by atoms with Crippen molar-refractivity contribution in [1.29, 1.82) is 0 Å². The van der Waals surface area contributed by atoms with E-state index in [2.05, 4.69) is 20.1 Å². The van der Waals surface area contributed by atoms with Gasteiger partial charge in [0.1, 0.15) is 5.41 Å². The van der Waals surface area contributed by atoms with Crippen LogP contribution in [-0.2, 0) is 18.3 Å². The maximum Gasteiger partial charge on any atom is 0.401 e. The van der Waals surface area contributed by atoms with Crippen molar-refractivity contribution >= 4 is 0 Å². The maximum absolute atomic E-state index is 13.2. The first-order chi connectivity index (χ1) is 10.0. The Bertz CT molecular complexity index is 607. The van der Waals surface area contributed by atoms with E-state index in [4.69, 9.17) is 4.52 Å². The minimum Gasteiger partial charge on any atom is -0.339 e. The van der Waals surface area contributed by atoms with Gasteiger partial charge in [0.25, 0.3) is 0 Å². The molecule has 0 spiro atoms. The number of aryl methyl sites for hydroxylation is 2. The minimum absolute atomic E-state index is 0.0274. The molecule has 0 aliphatic heterocycles. The lowest BCUT2D eigenvalue weighted by molar-refractivity contribution is -0.215. The summed E-state index contributed by atoms with van der Waals surface area (Å²) in [7, 11) is 0. The van der Waals surface area contributed by atoms with Gasteiger partial charge in [-0.1, -0.05) is 11.6 Å². The van der Waals surface area contributed by atoms with Crippen molar-refractivity contribution in [3.63, 3.8) is 0 Å². The second kappa shape index (κ2) is 5.09. The van der Waals surface area contributed by atoms with Gasteiger partial charge in [-0.05, 0) is 19.3 Å². The van der Waals surface area contributed by atoms with Crippen LogP contribution in [0.1, 0.15) is 36.7 Å². The van der Waals surface area contributed by atoms with Crippen molar-refractivity contribution in [2.45, 2.75) is 43.7 Å². The molecule has 2 aromatic rings. The zero-order valence-corrected chi connectivity index (χ0v) is 11.1. The molecule has 0 N–H and O–H groups in total. The van der Waals surface area contributed by atoms with E-state index >= 15 is 0 Å². The lowest BCUT2D eigenvalue weighted by Gasteiger charge is -2.40. The van der Waals surface area contributed by atoms with E-state index in [0.717, 1.165) is 5.69 Å². The molecule has 0 saturated heterocycles. The molecular weight excluding hydrogens is 285 g/mol. The third-order valence-corrected chi connectivity index (χ3v) is 3.86. The Morgan fingerprint density at radius 3 is 2.57 bits per heavy atom. The molecule has 1 aliphatic carbocycles. The summed E-state index contributed by atoms with van der Waals surface area (Å²) in [6.45, 7) is 0. The first-order valence-electron chi connectivity index (χ1n) is 6.66. The van der Waals surface area contributed by atoms with Crippen LogP contribution in [0.15, 0.2) is 23.1 Å². The molecule has 1 saturated carbocycles. The van der Waals surface area contributed by atoms with Gasteiger partial charge in [0.05, 0.1) is 5.69 Å². The molecule has 0 atom stereocenters. The highest BCUT2D eigenvalue weighted by atomic mass is 19.4. The predicted octanol–water partition coefficient (Wildman–Crippen LogP) is 2.63. The predicted molar refractivity (Wildman–Crippen MR) is 65.3 cm³/mol. The Labute approximate surface area is 118 Å². The number of hydrogen-bond donors (Lipinski definition) is 0. The number of hydrogen-bond acceptors (Lipinski definition) is 5. The van der Waals surface area contributed by atoms with Crippen LogP contribution in [0.4, 0.5) is 13.2 Å². The number of halogens is 3. The maximum atomic E-state index is 13.2. The van der Waals surface area contributed by atoms with Crippen LogP contribution in [0, 0.1) is 0 Å². The molecule has 2 aromatic heterocycles. The van der Waals surface area contributed by atoms with Crippen LogP contribution in [-0.4, -0.2) is 26.3 Å². The van der Waals surface area contributed by atoms with Gasteiger partial charge in [-0.3, -0.25) is 9.97 Å². The molecule has 1 aliphatic rings. The SMILES string of the molecule is FC(F)(F)C1(c2noc(CCc3cnccn3)n2)CCC1. The van der Waals surface area contributed by atoms with Crippen molar-refractivity contribution in [2.24, 2.45) is 0 Å². The van der Waals surface area contributed by atoms with E-state index in [0.29, 0.717) is 19.3 Å². The monoisotopic (exact) mass is 298 g/mol. The molecule has 0 radical (unpaired) electrons. The van der Waals surface area contributed by atoms with E-state index in [-0.39, 0.29) is 24.6 Å². The van der Waals surface area contributed by atoms with E-state index < -0.39 is 11.6 Å². The van der Waals surface area contributed by atoms with Gasteiger partial charge in [-0.2, -0.15) is 18.2 Å². The third kappa shape index (κ3) is 2.50. The van der Waals surface area contributed by atoms with Crippen molar-refractivity contribution in [2.75, 3.05) is 0 Å². The molecule has 5 nitrogen and oxygen atoms in total. The molecule has 0 unspecified atom stereocenters. The number of nitrogens with zero attached hydrogens (tertiary/aromatic N) is 4. The van der Waals surface area contributed by atoms with Crippen LogP contribution in [0.5, 0.6) is 0 Å². The number of rotatable bonds is 4. The molecule has 2 heterocycles. The van der Waals surface area contributed by atoms with Gasteiger partial charge < -0.3 is 4.52 Å². The molecule has 0 aromatic carbocycles. The van der Waals surface area contributed by atoms with Crippen LogP contribution in [0.2, 0.25) is 0 Å². The summed E-state index contributed by atoms with van der Waals surface area (Å²) in [6, 6.07) is 0. The fourth-order valence-corrected chi connectivity index (χ4v) is 2.41. The summed E-state index contributed by atoms with van der Waals surface area (Å²) in [6.07, 6.45) is 1.80. The fraction of sp³-hybridized carbons (Fsp3) is 0.538. The van der Waals surface area contributed by atoms with Gasteiger partial charge in [0.2, 0.25) is 5.89 Å². The molecule has 8 heteroatoms. The summed E-state index contributed by atoms with van der Waals surface area (Å²) in [4.78, 5) is 11.9. The van der Waals surface area contributed by atoms with Gasteiger partial charge >= 0.3 is 6.18 Å². The third-order valence-electron chi connectivity index (χ3n) is 3.86. The summed E-state index contributed by atoms with van der Waals surface area (Å²) < 4.78 is 44.4. The lowest BCUT2D eigenvalue weighted by atomic mass is 9.67. The standard InChI is InChI=1S/C13H13F3N4O/c14-13(15,16)12(4-1-5-12)11-19-10(21-20-11)3-2-9-8-17-6-7-18-9/h6-8H,1-5H2. The smallest absolute Gasteiger partial charge is 0.339 e. The van der Waals surface area contributed by atoms with Crippen molar-refractivity contribution in [3.8, 4) is 0 Å². The zero-order valence-electron chi connectivity index (χ0n) is 11.1. The second-order valence-corrected chi connectivity index (χ2v) is 5.14. The average Bonchev–Trinajstić information content (AvgIpc) is 2.83. The Morgan fingerprint density at radius 2 is 2.00 bits per heavy atom. The van der Waals surface area contributed by atoms with Gasteiger partial charge in [0, 0.05) is 25.0 Å². The highest BCUT2D eigenvalue weighted by Crippen LogP contribution is 2.53. The average molecular weight is 298 g/mol. The van der Waals surface area contributed by atoms with Crippen LogP contribution in [0.25, 0.3) is 0 Å². The highest BCUT2D eigenvalue weighted by molar-refractivity contribution is 5.16. The summed E-state index contributed by atoms with van der Waals surface area (Å²) in [5.74, 6) is -0.0402. The van der Waals surface area contributed by atoms with E-state index in [1.165, 1.54) is 0 Å². The lowest BCUT2D eigenvalue weighted by Crippen LogP contribution is -2.48. The molecule has 0 amide bonds. The first-order valence-corrected chi connectivity index (χ1v) is 6.66. The molecular formula is C13H13F3N4O. The Hall–Kier alpha value is -1.99. The molecule has 21 heavy (non-hydrogen) atoms. The summed E-state index contributed by atoms with van der Waals surface area (Å²) in [5, 5.41) is 3.55. The minimum atomic E-state index is -4.34. The largest absolute Gasteiger partial charge is 0.401 e. The Morgan fingerprint density at radius 1 is 1.19 bits per heavy atom. The Kier molecular flexibility index (Phi) is 3.38. The zero-order chi connectivity index (χ0) is 14.9. The first kappa shape index (κ1) is 14.0. The molecule has 3 rings (SSSR count). The van der Waals surface area contributed by atoms with Gasteiger partial charge in [-0.15, -0.1) is 0 Å². The van der Waals surface area contributed by atoms with E-state index in [9.17, 15) is 13.2 Å². The van der Waals surface area contributed by atoms with Crippen molar-refractivity contribution in [3.05, 3.63) is 36.0 Å². The van der Waals surface area contributed by atoms with Crippen LogP contribution < -0.4 is 0 Å². The molecule has 112 valence electrons. The Balaban J connectivity index is 1.72. The van der Waals surface area contributed by atoms with Crippen molar-refractivity contribution in [1.82, 2.24) is 20.1 Å². The quantitative estimate of drug-likeness (QED) is 0.868. The van der Waals surface area contributed by atoms with E-state index in [1.54, 1.807) is 18.6 Å². The van der Waals surface area contributed by atoms with Crippen LogP contribution in [0.3, 0.4) is 0 Å². The fourth-order valence-electron chi connectivity index (χ4n) is 2.41. The highest BCUT2D eigenvalue weighted by Gasteiger charge is 2.62. The summed E-state index contributed by atoms with van der Waals surface area (Å²) in [5.41, 5.74) is -1.19. The summed E-state index contributed by atoms with van der Waals surface area (Å²) >= 11 is 0. The normalized spacial score (nSPS) is 17.5. The van der Waals surface area contributed by atoms with Gasteiger partial charge in [0.15, 0.2) is 5.82 Å².